The van der Waals surface area contributed by atoms with E-state index >= 15 is 0 Å². The highest BCUT2D eigenvalue weighted by Crippen LogP contribution is 2.31. The lowest BCUT2D eigenvalue weighted by atomic mass is 9.95. The topological polar surface area (TPSA) is 58.2 Å². The maximum Gasteiger partial charge on any atom is 0.250 e. The Hall–Kier alpha value is -0.140. The van der Waals surface area contributed by atoms with Crippen LogP contribution in [0.3, 0.4) is 0 Å². The monoisotopic (exact) mass is 352 g/mol. The zero-order valence-corrected chi connectivity index (χ0v) is 15.4. The summed E-state index contributed by atoms with van der Waals surface area (Å²) in [4.78, 5) is 1.09. The van der Waals surface area contributed by atoms with Crippen LogP contribution in [0.4, 0.5) is 0 Å². The zero-order valence-electron chi connectivity index (χ0n) is 13.0. The van der Waals surface area contributed by atoms with E-state index in [1.807, 2.05) is 6.07 Å². The standard InChI is InChI=1S/C14H24N2O2S2.ClH/c1-10-7-8-15-9-11(10)16-20(17,18)13-6-5-12(19-13)14(2,3)4;/h5-6,10-11,15-16H,7-9H2,1-4H3;1H. The summed E-state index contributed by atoms with van der Waals surface area (Å²) in [5.74, 6) is 0.369. The Balaban J connectivity index is 0.00000220. The van der Waals surface area contributed by atoms with Crippen LogP contribution < -0.4 is 10.0 Å². The van der Waals surface area contributed by atoms with E-state index in [4.69, 9.17) is 0 Å². The van der Waals surface area contributed by atoms with Crippen molar-refractivity contribution in [2.75, 3.05) is 13.1 Å². The van der Waals surface area contributed by atoms with Crippen LogP contribution in [-0.4, -0.2) is 27.5 Å². The normalized spacial score (nSPS) is 23.6. The summed E-state index contributed by atoms with van der Waals surface area (Å²) in [6.07, 6.45) is 1.00. The van der Waals surface area contributed by atoms with E-state index in [-0.39, 0.29) is 23.9 Å². The third-order valence-electron chi connectivity index (χ3n) is 3.72. The highest BCUT2D eigenvalue weighted by atomic mass is 35.5. The molecule has 2 N–H and O–H groups in total. The molecule has 0 spiro atoms. The molecule has 122 valence electrons. The molecule has 0 aliphatic carbocycles. The summed E-state index contributed by atoms with van der Waals surface area (Å²) in [6.45, 7) is 10.1. The molecule has 2 heterocycles. The summed E-state index contributed by atoms with van der Waals surface area (Å²) in [7, 11) is -3.40. The van der Waals surface area contributed by atoms with E-state index in [2.05, 4.69) is 37.7 Å². The van der Waals surface area contributed by atoms with Gasteiger partial charge in [-0.25, -0.2) is 13.1 Å². The molecule has 0 amide bonds. The number of thiophene rings is 1. The van der Waals surface area contributed by atoms with Crippen LogP contribution in [0, 0.1) is 5.92 Å². The fourth-order valence-corrected chi connectivity index (χ4v) is 5.00. The second kappa shape index (κ2) is 6.96. The van der Waals surface area contributed by atoms with E-state index < -0.39 is 10.0 Å². The minimum Gasteiger partial charge on any atom is -0.315 e. The molecule has 2 unspecified atom stereocenters. The van der Waals surface area contributed by atoms with Crippen molar-refractivity contribution in [2.24, 2.45) is 5.92 Å². The first-order valence-corrected chi connectivity index (χ1v) is 9.33. The first kappa shape index (κ1) is 18.9. The minimum absolute atomic E-state index is 0. The molecule has 1 aliphatic heterocycles. The fourth-order valence-electron chi connectivity index (χ4n) is 2.27. The van der Waals surface area contributed by atoms with Gasteiger partial charge >= 0.3 is 0 Å². The summed E-state index contributed by atoms with van der Waals surface area (Å²) >= 11 is 1.37. The number of piperidine rings is 1. The van der Waals surface area contributed by atoms with Crippen LogP contribution in [0.5, 0.6) is 0 Å². The van der Waals surface area contributed by atoms with Gasteiger partial charge in [-0.15, -0.1) is 23.7 Å². The van der Waals surface area contributed by atoms with Gasteiger partial charge in [-0.05, 0) is 36.4 Å². The van der Waals surface area contributed by atoms with Gasteiger partial charge in [0.15, 0.2) is 0 Å². The molecule has 1 saturated heterocycles. The lowest BCUT2D eigenvalue weighted by molar-refractivity contribution is 0.327. The fraction of sp³-hybridized carbons (Fsp3) is 0.714. The van der Waals surface area contributed by atoms with E-state index in [0.717, 1.165) is 17.8 Å². The molecule has 2 rings (SSSR count). The van der Waals surface area contributed by atoms with Crippen molar-refractivity contribution in [1.82, 2.24) is 10.0 Å². The van der Waals surface area contributed by atoms with Gasteiger partial charge < -0.3 is 5.32 Å². The highest BCUT2D eigenvalue weighted by Gasteiger charge is 2.28. The van der Waals surface area contributed by atoms with Gasteiger partial charge in [0.2, 0.25) is 10.0 Å². The predicted octanol–water partition coefficient (Wildman–Crippen LogP) is 2.74. The van der Waals surface area contributed by atoms with Gasteiger partial charge in [0, 0.05) is 17.5 Å². The Morgan fingerprint density at radius 1 is 1.33 bits per heavy atom. The lowest BCUT2D eigenvalue weighted by Gasteiger charge is -2.29. The highest BCUT2D eigenvalue weighted by molar-refractivity contribution is 7.91. The zero-order chi connectivity index (χ0) is 15.0. The van der Waals surface area contributed by atoms with Crippen LogP contribution in [0.2, 0.25) is 0 Å². The molecule has 0 saturated carbocycles. The summed E-state index contributed by atoms with van der Waals surface area (Å²) < 4.78 is 28.2. The molecule has 21 heavy (non-hydrogen) atoms. The first-order valence-electron chi connectivity index (χ1n) is 7.03. The van der Waals surface area contributed by atoms with E-state index in [0.29, 0.717) is 16.7 Å². The average molecular weight is 353 g/mol. The molecule has 1 aromatic heterocycles. The minimum atomic E-state index is -3.40. The maximum absolute atomic E-state index is 12.5. The SMILES string of the molecule is CC1CCNCC1NS(=O)(=O)c1ccc(C(C)(C)C)s1.Cl. The van der Waals surface area contributed by atoms with Gasteiger partial charge in [-0.2, -0.15) is 0 Å². The van der Waals surface area contributed by atoms with Gasteiger partial charge in [0.05, 0.1) is 0 Å². The van der Waals surface area contributed by atoms with Gasteiger partial charge in [0.1, 0.15) is 4.21 Å². The van der Waals surface area contributed by atoms with Crippen molar-refractivity contribution in [2.45, 2.75) is 49.8 Å². The number of rotatable bonds is 3. The Morgan fingerprint density at radius 2 is 2.00 bits per heavy atom. The van der Waals surface area contributed by atoms with E-state index in [1.54, 1.807) is 6.07 Å². The second-order valence-corrected chi connectivity index (χ2v) is 9.59. The molecule has 7 heteroatoms. The number of hydrogen-bond acceptors (Lipinski definition) is 4. The lowest BCUT2D eigenvalue weighted by Crippen LogP contribution is -2.49. The number of halogens is 1. The first-order chi connectivity index (χ1) is 9.20. The maximum atomic E-state index is 12.5. The number of nitrogens with one attached hydrogen (secondary N) is 2. The average Bonchev–Trinajstić information content (AvgIpc) is 2.81. The third-order valence-corrected chi connectivity index (χ3v) is 7.21. The van der Waals surface area contributed by atoms with Gasteiger partial charge in [-0.1, -0.05) is 27.7 Å². The van der Waals surface area contributed by atoms with Gasteiger partial charge in [-0.3, -0.25) is 0 Å². The van der Waals surface area contributed by atoms with Crippen molar-refractivity contribution in [3.8, 4) is 0 Å². The smallest absolute Gasteiger partial charge is 0.250 e. The molecular formula is C14H25ClN2O2S2. The molecule has 0 bridgehead atoms. The molecule has 2 atom stereocenters. The second-order valence-electron chi connectivity index (χ2n) is 6.57. The Bertz CT molecular complexity index is 564. The van der Waals surface area contributed by atoms with Crippen molar-refractivity contribution in [3.05, 3.63) is 17.0 Å². The molecule has 1 fully saturated rings. The third kappa shape index (κ3) is 4.66. The molecular weight excluding hydrogens is 328 g/mol. The van der Waals surface area contributed by atoms with Crippen molar-refractivity contribution in [3.63, 3.8) is 0 Å². The molecule has 0 radical (unpaired) electrons. The molecule has 4 nitrogen and oxygen atoms in total. The summed E-state index contributed by atoms with van der Waals surface area (Å²) in [6, 6.07) is 3.62. The molecule has 0 aromatic carbocycles. The van der Waals surface area contributed by atoms with Crippen LogP contribution in [-0.2, 0) is 15.4 Å². The van der Waals surface area contributed by atoms with Crippen molar-refractivity contribution < 1.29 is 8.42 Å². The van der Waals surface area contributed by atoms with Crippen LogP contribution >= 0.6 is 23.7 Å². The van der Waals surface area contributed by atoms with E-state index in [9.17, 15) is 8.42 Å². The summed E-state index contributed by atoms with van der Waals surface area (Å²) in [5.41, 5.74) is -0.0158. The van der Waals surface area contributed by atoms with Crippen molar-refractivity contribution >= 4 is 33.8 Å². The molecule has 1 aliphatic rings. The van der Waals surface area contributed by atoms with E-state index in [1.165, 1.54) is 11.3 Å². The predicted molar refractivity (Wildman–Crippen MR) is 91.0 cm³/mol. The Morgan fingerprint density at radius 3 is 2.52 bits per heavy atom. The summed E-state index contributed by atoms with van der Waals surface area (Å²) in [5, 5.41) is 3.25. The van der Waals surface area contributed by atoms with Gasteiger partial charge in [0.25, 0.3) is 0 Å². The van der Waals surface area contributed by atoms with Crippen LogP contribution in [0.1, 0.15) is 39.0 Å². The van der Waals surface area contributed by atoms with Crippen molar-refractivity contribution in [1.29, 1.82) is 0 Å². The molecule has 1 aromatic rings. The Kier molecular flexibility index (Phi) is 6.27. The number of sulfonamides is 1. The van der Waals surface area contributed by atoms with Crippen LogP contribution in [0.25, 0.3) is 0 Å². The number of hydrogen-bond donors (Lipinski definition) is 2. The quantitative estimate of drug-likeness (QED) is 0.879. The Labute approximate surface area is 138 Å². The largest absolute Gasteiger partial charge is 0.315 e. The van der Waals surface area contributed by atoms with Crippen LogP contribution in [0.15, 0.2) is 16.3 Å².